The second-order valence-electron chi connectivity index (χ2n) is 9.48. The molecule has 7 nitrogen and oxygen atoms in total. The molecule has 7 heteroatoms. The summed E-state index contributed by atoms with van der Waals surface area (Å²) in [6, 6.07) is 13.3. The average molecular weight is 484 g/mol. The summed E-state index contributed by atoms with van der Waals surface area (Å²) in [5, 5.41) is 9.69. The summed E-state index contributed by atoms with van der Waals surface area (Å²) >= 11 is 0. The lowest BCUT2D eigenvalue weighted by Crippen LogP contribution is -2.42. The van der Waals surface area contributed by atoms with E-state index in [1.807, 2.05) is 49.5 Å². The van der Waals surface area contributed by atoms with Gasteiger partial charge in [0.25, 0.3) is 0 Å². The molecule has 3 aromatic heterocycles. The largest absolute Gasteiger partial charge is 0.373 e. The van der Waals surface area contributed by atoms with Crippen LogP contribution in [0.3, 0.4) is 0 Å². The number of pyridine rings is 2. The van der Waals surface area contributed by atoms with E-state index in [0.717, 1.165) is 35.7 Å². The summed E-state index contributed by atoms with van der Waals surface area (Å²) in [6.07, 6.45) is 9.97. The van der Waals surface area contributed by atoms with Crippen molar-refractivity contribution in [3.8, 4) is 11.1 Å². The molecule has 0 atom stereocenters. The zero-order valence-corrected chi connectivity index (χ0v) is 22.1. The molecular weight excluding hydrogens is 446 g/mol. The van der Waals surface area contributed by atoms with Gasteiger partial charge in [0.1, 0.15) is 11.6 Å². The van der Waals surface area contributed by atoms with Crippen LogP contribution in [0.2, 0.25) is 0 Å². The Labute approximate surface area is 214 Å². The van der Waals surface area contributed by atoms with Crippen molar-refractivity contribution in [2.75, 3.05) is 44.4 Å². The predicted octanol–water partition coefficient (Wildman–Crippen LogP) is 5.24. The summed E-state index contributed by atoms with van der Waals surface area (Å²) < 4.78 is 1.89. The van der Waals surface area contributed by atoms with E-state index in [1.165, 1.54) is 35.0 Å². The number of aryl methyl sites for hydroxylation is 1. The van der Waals surface area contributed by atoms with E-state index in [2.05, 4.69) is 88.1 Å². The first-order chi connectivity index (χ1) is 17.4. The fourth-order valence-electron chi connectivity index (χ4n) is 4.57. The third-order valence-electron chi connectivity index (χ3n) is 7.05. The van der Waals surface area contributed by atoms with Crippen molar-refractivity contribution >= 4 is 28.5 Å². The summed E-state index contributed by atoms with van der Waals surface area (Å²) in [5.74, 6) is 1.96. The molecular formula is C29H37N7. The zero-order valence-electron chi connectivity index (χ0n) is 22.1. The number of aromatic nitrogens is 4. The molecule has 188 valence electrons. The minimum Gasteiger partial charge on any atom is -0.373 e. The highest BCUT2D eigenvalue weighted by molar-refractivity contribution is 5.88. The van der Waals surface area contributed by atoms with Gasteiger partial charge < -0.3 is 15.1 Å². The Bertz CT molecular complexity index is 1320. The number of rotatable bonds is 5. The van der Waals surface area contributed by atoms with Gasteiger partial charge in [-0.1, -0.05) is 24.8 Å². The van der Waals surface area contributed by atoms with Crippen LogP contribution in [0.1, 0.15) is 24.1 Å². The molecule has 1 aliphatic rings. The number of nitrogens with one attached hydrogen (secondary N) is 1. The van der Waals surface area contributed by atoms with Gasteiger partial charge in [-0.3, -0.25) is 4.68 Å². The van der Waals surface area contributed by atoms with Crippen LogP contribution < -0.4 is 10.2 Å². The van der Waals surface area contributed by atoms with Crippen molar-refractivity contribution in [1.29, 1.82) is 0 Å². The number of piperidine rings is 1. The van der Waals surface area contributed by atoms with E-state index in [1.54, 1.807) is 0 Å². The van der Waals surface area contributed by atoms with Gasteiger partial charge in [0, 0.05) is 62.3 Å². The molecule has 1 saturated heterocycles. The Morgan fingerprint density at radius 3 is 2.44 bits per heavy atom. The lowest BCUT2D eigenvalue weighted by molar-refractivity contribution is 0.249. The molecule has 0 spiro atoms. The van der Waals surface area contributed by atoms with Crippen molar-refractivity contribution in [3.05, 3.63) is 72.8 Å². The molecule has 0 bridgehead atoms. The van der Waals surface area contributed by atoms with Crippen LogP contribution in [-0.2, 0) is 7.05 Å². The predicted molar refractivity (Wildman–Crippen MR) is 151 cm³/mol. The topological polar surface area (TPSA) is 62.1 Å². The molecule has 0 aliphatic carbocycles. The van der Waals surface area contributed by atoms with Crippen LogP contribution in [0.25, 0.3) is 28.0 Å². The minimum absolute atomic E-state index is 0.717. The molecule has 1 aromatic carbocycles. The van der Waals surface area contributed by atoms with Crippen molar-refractivity contribution in [3.63, 3.8) is 0 Å². The highest BCUT2D eigenvalue weighted by Gasteiger charge is 2.21. The molecule has 4 heterocycles. The summed E-state index contributed by atoms with van der Waals surface area (Å²) in [4.78, 5) is 13.5. The summed E-state index contributed by atoms with van der Waals surface area (Å²) in [6.45, 7) is 8.07. The molecule has 4 aromatic rings. The highest BCUT2D eigenvalue weighted by Crippen LogP contribution is 2.27. The van der Waals surface area contributed by atoms with Crippen LogP contribution in [0.5, 0.6) is 0 Å². The third kappa shape index (κ3) is 5.74. The molecule has 1 fully saturated rings. The van der Waals surface area contributed by atoms with Gasteiger partial charge in [0.2, 0.25) is 0 Å². The highest BCUT2D eigenvalue weighted by atomic mass is 15.3. The van der Waals surface area contributed by atoms with E-state index in [9.17, 15) is 0 Å². The van der Waals surface area contributed by atoms with E-state index in [-0.39, 0.29) is 0 Å². The number of hydrogen-bond donors (Lipinski definition) is 1. The molecule has 0 radical (unpaired) electrons. The van der Waals surface area contributed by atoms with Gasteiger partial charge in [-0.25, -0.2) is 9.97 Å². The first-order valence-electron chi connectivity index (χ1n) is 12.5. The number of nitrogens with zero attached hydrogens (tertiary/aromatic N) is 6. The third-order valence-corrected chi connectivity index (χ3v) is 7.05. The quantitative estimate of drug-likeness (QED) is 0.419. The number of anilines is 2. The maximum Gasteiger partial charge on any atom is 0.129 e. The molecule has 0 amide bonds. The second kappa shape index (κ2) is 11.4. The van der Waals surface area contributed by atoms with Crippen LogP contribution in [0.15, 0.2) is 61.6 Å². The monoisotopic (exact) mass is 483 g/mol. The number of fused-ring (bicyclic) bond motifs is 1. The lowest BCUT2D eigenvalue weighted by atomic mass is 10.0. The standard InChI is InChI=1S/C15H16N4.C14H21N3/c1-10-14(9-18-19(10)3)11-4-5-12-8-17-15(16-2)7-13(12)6-11;1-4-12-5-8-15-14(11-12)17-9-6-13(7-10-17)16(2)3/h4-9H,1-3H3,(H,16,17);4-5,8,11,13H,1,6-7,9-10H2,2-3H3. The van der Waals surface area contributed by atoms with Crippen molar-refractivity contribution < 1.29 is 0 Å². The smallest absolute Gasteiger partial charge is 0.129 e. The van der Waals surface area contributed by atoms with Gasteiger partial charge >= 0.3 is 0 Å². The normalized spacial score (nSPS) is 14.0. The van der Waals surface area contributed by atoms with Gasteiger partial charge in [-0.05, 0) is 74.6 Å². The summed E-state index contributed by atoms with van der Waals surface area (Å²) in [5.41, 5.74) is 4.67. The summed E-state index contributed by atoms with van der Waals surface area (Å²) in [7, 11) is 8.17. The van der Waals surface area contributed by atoms with Gasteiger partial charge in [-0.2, -0.15) is 5.10 Å². The Kier molecular flexibility index (Phi) is 8.00. The Morgan fingerprint density at radius 1 is 1.03 bits per heavy atom. The maximum atomic E-state index is 4.45. The Balaban J connectivity index is 0.000000170. The van der Waals surface area contributed by atoms with Crippen LogP contribution >= 0.6 is 0 Å². The van der Waals surface area contributed by atoms with Gasteiger partial charge in [0.05, 0.1) is 6.20 Å². The Morgan fingerprint density at radius 2 is 1.81 bits per heavy atom. The number of benzene rings is 1. The van der Waals surface area contributed by atoms with Gasteiger partial charge in [0.15, 0.2) is 0 Å². The molecule has 0 saturated carbocycles. The van der Waals surface area contributed by atoms with Crippen molar-refractivity contribution in [2.24, 2.45) is 7.05 Å². The van der Waals surface area contributed by atoms with E-state index >= 15 is 0 Å². The maximum absolute atomic E-state index is 4.45. The van der Waals surface area contributed by atoms with Crippen molar-refractivity contribution in [2.45, 2.75) is 25.8 Å². The molecule has 1 N–H and O–H groups in total. The van der Waals surface area contributed by atoms with Crippen molar-refractivity contribution in [1.82, 2.24) is 24.6 Å². The van der Waals surface area contributed by atoms with E-state index in [0.29, 0.717) is 6.04 Å². The molecule has 36 heavy (non-hydrogen) atoms. The SMILES string of the molecule is C=Cc1ccnc(N2CCC(N(C)C)CC2)c1.CNc1cc2cc(-c3cnn(C)c3C)ccc2cn1. The number of hydrogen-bond acceptors (Lipinski definition) is 6. The van der Waals surface area contributed by atoms with E-state index < -0.39 is 0 Å². The average Bonchev–Trinajstić information content (AvgIpc) is 3.26. The molecule has 0 unspecified atom stereocenters. The van der Waals surface area contributed by atoms with Crippen LogP contribution in [-0.4, -0.2) is 64.9 Å². The first kappa shape index (κ1) is 25.4. The minimum atomic E-state index is 0.717. The van der Waals surface area contributed by atoms with Crippen LogP contribution in [0, 0.1) is 6.92 Å². The first-order valence-corrected chi connectivity index (χ1v) is 12.5. The Hall–Kier alpha value is -3.71. The van der Waals surface area contributed by atoms with Gasteiger partial charge in [-0.15, -0.1) is 0 Å². The fourth-order valence-corrected chi connectivity index (χ4v) is 4.57. The molecule has 1 aliphatic heterocycles. The lowest BCUT2D eigenvalue weighted by Gasteiger charge is -2.35. The zero-order chi connectivity index (χ0) is 25.7. The fraction of sp³-hybridized carbons (Fsp3) is 0.345. The second-order valence-corrected chi connectivity index (χ2v) is 9.48. The molecule has 5 rings (SSSR count). The van der Waals surface area contributed by atoms with Crippen LogP contribution in [0.4, 0.5) is 11.6 Å². The van der Waals surface area contributed by atoms with E-state index in [4.69, 9.17) is 0 Å².